The number of hydrogen-bond donors (Lipinski definition) is 3. The molecule has 0 atom stereocenters. The van der Waals surface area contributed by atoms with Gasteiger partial charge in [-0.2, -0.15) is 0 Å². The molecule has 9 heteroatoms. The molecule has 1 aromatic heterocycles. The summed E-state index contributed by atoms with van der Waals surface area (Å²) in [7, 11) is 0. The Bertz CT molecular complexity index is 1040. The maximum atomic E-state index is 12.4. The van der Waals surface area contributed by atoms with Gasteiger partial charge in [-0.25, -0.2) is 4.68 Å². The Morgan fingerprint density at radius 2 is 1.79 bits per heavy atom. The topological polar surface area (TPSA) is 115 Å². The second-order valence-corrected chi connectivity index (χ2v) is 6.98. The van der Waals surface area contributed by atoms with E-state index >= 15 is 0 Å². The molecule has 8 nitrogen and oxygen atoms in total. The van der Waals surface area contributed by atoms with Crippen LogP contribution in [0.2, 0.25) is 5.02 Å². The number of halogens is 1. The summed E-state index contributed by atoms with van der Waals surface area (Å²) in [6.45, 7) is 3.88. The summed E-state index contributed by atoms with van der Waals surface area (Å²) in [6, 6.07) is 12.9. The number of nitrogens with zero attached hydrogens (tertiary/aromatic N) is 3. The number of aromatic nitrogens is 3. The highest BCUT2D eigenvalue weighted by atomic mass is 35.5. The normalized spacial score (nSPS) is 10.6. The molecule has 0 spiro atoms. The monoisotopic (exact) mass is 412 g/mol. The maximum Gasteiger partial charge on any atom is 0.275 e. The smallest absolute Gasteiger partial charge is 0.275 e. The molecule has 0 fully saturated rings. The Morgan fingerprint density at radius 3 is 2.48 bits per heavy atom. The van der Waals surface area contributed by atoms with Crippen LogP contribution in [0.15, 0.2) is 42.5 Å². The fraction of sp³-hybridized carbons (Fsp3) is 0.200. The third kappa shape index (κ3) is 4.72. The van der Waals surface area contributed by atoms with Crippen molar-refractivity contribution in [2.24, 2.45) is 0 Å². The molecular formula is C20H21ClN6O2. The Balaban J connectivity index is 1.65. The van der Waals surface area contributed by atoms with Crippen molar-refractivity contribution in [1.82, 2.24) is 20.3 Å². The van der Waals surface area contributed by atoms with Gasteiger partial charge in [0.15, 0.2) is 11.5 Å². The lowest BCUT2D eigenvalue weighted by Crippen LogP contribution is -2.25. The summed E-state index contributed by atoms with van der Waals surface area (Å²) in [5.74, 6) is -0.802. The van der Waals surface area contributed by atoms with Gasteiger partial charge in [-0.1, -0.05) is 53.2 Å². The van der Waals surface area contributed by atoms with E-state index in [1.807, 2.05) is 38.1 Å². The van der Waals surface area contributed by atoms with E-state index in [0.29, 0.717) is 5.02 Å². The fourth-order valence-corrected chi connectivity index (χ4v) is 3.03. The van der Waals surface area contributed by atoms with E-state index in [2.05, 4.69) is 20.9 Å². The van der Waals surface area contributed by atoms with Crippen LogP contribution in [-0.4, -0.2) is 26.8 Å². The van der Waals surface area contributed by atoms with Crippen LogP contribution in [0.25, 0.3) is 0 Å². The second-order valence-electron chi connectivity index (χ2n) is 6.57. The summed E-state index contributed by atoms with van der Waals surface area (Å²) >= 11 is 6.08. The minimum Gasteiger partial charge on any atom is -0.382 e. The second kappa shape index (κ2) is 8.74. The highest BCUT2D eigenvalue weighted by Gasteiger charge is 2.19. The first-order valence-corrected chi connectivity index (χ1v) is 9.31. The quantitative estimate of drug-likeness (QED) is 0.575. The molecule has 29 heavy (non-hydrogen) atoms. The Hall–Kier alpha value is -3.39. The molecule has 0 radical (unpaired) electrons. The molecule has 2 aromatic carbocycles. The van der Waals surface area contributed by atoms with Crippen LogP contribution in [0.3, 0.4) is 0 Å². The number of carbonyl (C=O) groups is 2. The van der Waals surface area contributed by atoms with Crippen molar-refractivity contribution in [2.45, 2.75) is 26.9 Å². The summed E-state index contributed by atoms with van der Waals surface area (Å²) < 4.78 is 1.19. The highest BCUT2D eigenvalue weighted by molar-refractivity contribution is 6.31. The van der Waals surface area contributed by atoms with Gasteiger partial charge in [-0.3, -0.25) is 9.59 Å². The van der Waals surface area contributed by atoms with Crippen LogP contribution < -0.4 is 16.4 Å². The van der Waals surface area contributed by atoms with Gasteiger partial charge in [-0.15, -0.1) is 5.10 Å². The van der Waals surface area contributed by atoms with Crippen molar-refractivity contribution in [1.29, 1.82) is 0 Å². The first-order chi connectivity index (χ1) is 13.9. The van der Waals surface area contributed by atoms with Crippen molar-refractivity contribution in [3.8, 4) is 0 Å². The Labute approximate surface area is 173 Å². The van der Waals surface area contributed by atoms with Gasteiger partial charge in [-0.05, 0) is 36.6 Å². The number of nitrogens with one attached hydrogen (secondary N) is 2. The first-order valence-electron chi connectivity index (χ1n) is 8.93. The van der Waals surface area contributed by atoms with Crippen LogP contribution >= 0.6 is 11.6 Å². The Kier molecular flexibility index (Phi) is 6.13. The zero-order valence-electron chi connectivity index (χ0n) is 16.1. The van der Waals surface area contributed by atoms with Crippen molar-refractivity contribution in [3.63, 3.8) is 0 Å². The van der Waals surface area contributed by atoms with E-state index in [1.54, 1.807) is 18.2 Å². The standard InChI is InChI=1S/C20H21ClN6O2/c1-12-6-5-7-13(2)17(12)24-16(28)11-27-19(22)18(25-26-27)20(29)23-10-14-8-3-4-9-15(14)21/h3-9H,10-11,22H2,1-2H3,(H,23,29)(H,24,28). The van der Waals surface area contributed by atoms with Crippen LogP contribution in [0, 0.1) is 13.8 Å². The number of nitrogens with two attached hydrogens (primary N) is 1. The molecule has 3 aromatic rings. The highest BCUT2D eigenvalue weighted by Crippen LogP contribution is 2.19. The average molecular weight is 413 g/mol. The average Bonchev–Trinajstić information content (AvgIpc) is 3.04. The molecule has 4 N–H and O–H groups in total. The number of carbonyl (C=O) groups excluding carboxylic acids is 2. The van der Waals surface area contributed by atoms with Gasteiger partial charge in [0.05, 0.1) is 0 Å². The molecule has 150 valence electrons. The number of benzene rings is 2. The minimum atomic E-state index is -0.496. The van der Waals surface area contributed by atoms with Crippen LogP contribution in [0.1, 0.15) is 27.2 Å². The molecule has 0 aliphatic heterocycles. The lowest BCUT2D eigenvalue weighted by Gasteiger charge is -2.11. The van der Waals surface area contributed by atoms with E-state index < -0.39 is 5.91 Å². The molecule has 0 aliphatic rings. The number of hydrogen-bond acceptors (Lipinski definition) is 5. The third-order valence-corrected chi connectivity index (χ3v) is 4.79. The minimum absolute atomic E-state index is 0.0123. The molecule has 1 heterocycles. The molecule has 0 bridgehead atoms. The largest absolute Gasteiger partial charge is 0.382 e. The van der Waals surface area contributed by atoms with Gasteiger partial charge in [0.1, 0.15) is 6.54 Å². The van der Waals surface area contributed by atoms with E-state index in [1.165, 1.54) is 4.68 Å². The van der Waals surface area contributed by atoms with E-state index in [9.17, 15) is 9.59 Å². The lowest BCUT2D eigenvalue weighted by atomic mass is 10.1. The van der Waals surface area contributed by atoms with Crippen LogP contribution in [-0.2, 0) is 17.9 Å². The lowest BCUT2D eigenvalue weighted by molar-refractivity contribution is -0.116. The number of para-hydroxylation sites is 1. The fourth-order valence-electron chi connectivity index (χ4n) is 2.83. The zero-order valence-corrected chi connectivity index (χ0v) is 16.8. The predicted octanol–water partition coefficient (Wildman–Crippen LogP) is 2.70. The van der Waals surface area contributed by atoms with Crippen LogP contribution in [0.5, 0.6) is 0 Å². The Morgan fingerprint density at radius 1 is 1.10 bits per heavy atom. The maximum absolute atomic E-state index is 12.4. The van der Waals surface area contributed by atoms with Crippen molar-refractivity contribution < 1.29 is 9.59 Å². The molecular weight excluding hydrogens is 392 g/mol. The summed E-state index contributed by atoms with van der Waals surface area (Å²) in [4.78, 5) is 24.8. The van der Waals surface area contributed by atoms with Crippen LogP contribution in [0.4, 0.5) is 11.5 Å². The van der Waals surface area contributed by atoms with Gasteiger partial charge < -0.3 is 16.4 Å². The molecule has 0 aliphatic carbocycles. The summed E-state index contributed by atoms with van der Waals surface area (Å²) in [5.41, 5.74) is 9.34. The van der Waals surface area contributed by atoms with Gasteiger partial charge >= 0.3 is 0 Å². The van der Waals surface area contributed by atoms with E-state index in [-0.39, 0.29) is 30.5 Å². The number of rotatable bonds is 6. The van der Waals surface area contributed by atoms with Crippen molar-refractivity contribution in [3.05, 3.63) is 69.9 Å². The molecule has 2 amide bonds. The number of amides is 2. The SMILES string of the molecule is Cc1cccc(C)c1NC(=O)Cn1nnc(C(=O)NCc2ccccc2Cl)c1N. The van der Waals surface area contributed by atoms with E-state index in [4.69, 9.17) is 17.3 Å². The zero-order chi connectivity index (χ0) is 21.0. The number of aryl methyl sites for hydroxylation is 2. The van der Waals surface area contributed by atoms with Crippen molar-refractivity contribution >= 4 is 34.9 Å². The summed E-state index contributed by atoms with van der Waals surface area (Å²) in [5, 5.41) is 13.7. The van der Waals surface area contributed by atoms with Crippen molar-refractivity contribution in [2.75, 3.05) is 11.1 Å². The van der Waals surface area contributed by atoms with E-state index in [0.717, 1.165) is 22.4 Å². The van der Waals surface area contributed by atoms with Gasteiger partial charge in [0.2, 0.25) is 5.91 Å². The van der Waals surface area contributed by atoms with Gasteiger partial charge in [0.25, 0.3) is 5.91 Å². The molecule has 0 saturated heterocycles. The molecule has 0 saturated carbocycles. The summed E-state index contributed by atoms with van der Waals surface area (Å²) in [6.07, 6.45) is 0. The molecule has 3 rings (SSSR count). The number of anilines is 2. The predicted molar refractivity (Wildman–Crippen MR) is 112 cm³/mol. The van der Waals surface area contributed by atoms with Gasteiger partial charge in [0, 0.05) is 17.3 Å². The number of nitrogen functional groups attached to an aromatic ring is 1. The first kappa shape index (κ1) is 20.3. The molecule has 0 unspecified atom stereocenters. The third-order valence-electron chi connectivity index (χ3n) is 4.42.